The zero-order valence-corrected chi connectivity index (χ0v) is 13.1. The van der Waals surface area contributed by atoms with Gasteiger partial charge in [0, 0.05) is 13.2 Å². The highest BCUT2D eigenvalue weighted by Crippen LogP contribution is 2.21. The van der Waals surface area contributed by atoms with Crippen LogP contribution in [0.3, 0.4) is 0 Å². The average molecular weight is 309 g/mol. The molecular formula is C16H19N7. The molecule has 0 spiro atoms. The molecule has 118 valence electrons. The minimum atomic E-state index is -0.187. The molecule has 2 atom stereocenters. The van der Waals surface area contributed by atoms with E-state index < -0.39 is 0 Å². The Labute approximate surface area is 134 Å². The maximum atomic E-state index is 7.58. The number of nitrogens with zero attached hydrogens (tertiary/aromatic N) is 5. The quantitative estimate of drug-likeness (QED) is 0.415. The maximum absolute atomic E-state index is 7.58. The molecule has 0 fully saturated rings. The van der Waals surface area contributed by atoms with Crippen molar-refractivity contribution in [2.75, 3.05) is 12.4 Å². The van der Waals surface area contributed by atoms with E-state index in [4.69, 9.17) is 5.41 Å². The van der Waals surface area contributed by atoms with Gasteiger partial charge in [-0.2, -0.15) is 0 Å². The lowest BCUT2D eigenvalue weighted by molar-refractivity contribution is 0.291. The second-order valence-electron chi connectivity index (χ2n) is 5.36. The van der Waals surface area contributed by atoms with Crippen molar-refractivity contribution in [1.29, 1.82) is 5.41 Å². The maximum Gasteiger partial charge on any atom is 0.127 e. The summed E-state index contributed by atoms with van der Waals surface area (Å²) in [4.78, 5) is 6.09. The monoisotopic (exact) mass is 309 g/mol. The number of hydrogen-bond acceptors (Lipinski definition) is 5. The molecule has 0 aliphatic rings. The number of pyridine rings is 1. The fraction of sp³-hybridized carbons (Fsp3) is 0.250. The van der Waals surface area contributed by atoms with E-state index in [-0.39, 0.29) is 12.2 Å². The van der Waals surface area contributed by atoms with Crippen molar-refractivity contribution in [3.63, 3.8) is 0 Å². The van der Waals surface area contributed by atoms with E-state index in [1.165, 1.54) is 6.34 Å². The Hall–Kier alpha value is -2.96. The third-order valence-corrected chi connectivity index (χ3v) is 3.82. The van der Waals surface area contributed by atoms with Gasteiger partial charge in [0.1, 0.15) is 17.5 Å². The summed E-state index contributed by atoms with van der Waals surface area (Å²) in [5.41, 5.74) is 1.82. The van der Waals surface area contributed by atoms with E-state index in [9.17, 15) is 0 Å². The molecule has 2 aromatic heterocycles. The summed E-state index contributed by atoms with van der Waals surface area (Å²) < 4.78 is 1.87. The molecule has 7 heteroatoms. The van der Waals surface area contributed by atoms with Crippen molar-refractivity contribution in [3.05, 3.63) is 48.7 Å². The third-order valence-electron chi connectivity index (χ3n) is 3.82. The van der Waals surface area contributed by atoms with E-state index in [0.717, 1.165) is 16.9 Å². The molecule has 0 bridgehead atoms. The van der Waals surface area contributed by atoms with Gasteiger partial charge >= 0.3 is 0 Å². The first-order chi connectivity index (χ1) is 11.2. The second-order valence-corrected chi connectivity index (χ2v) is 5.36. The molecule has 3 rings (SSSR count). The zero-order chi connectivity index (χ0) is 16.2. The highest BCUT2D eigenvalue weighted by Gasteiger charge is 2.24. The summed E-state index contributed by atoms with van der Waals surface area (Å²) in [5, 5.41) is 19.4. The van der Waals surface area contributed by atoms with Crippen LogP contribution in [-0.2, 0) is 0 Å². The summed E-state index contributed by atoms with van der Waals surface area (Å²) in [5.74, 6) is 0.752. The second kappa shape index (κ2) is 6.43. The van der Waals surface area contributed by atoms with Gasteiger partial charge in [-0.15, -0.1) is 5.10 Å². The smallest absolute Gasteiger partial charge is 0.127 e. The zero-order valence-electron chi connectivity index (χ0n) is 13.1. The Morgan fingerprint density at radius 3 is 2.74 bits per heavy atom. The van der Waals surface area contributed by atoms with Crippen LogP contribution in [-0.4, -0.2) is 44.4 Å². The first kappa shape index (κ1) is 15.0. The lowest BCUT2D eigenvalue weighted by atomic mass is 10.2. The van der Waals surface area contributed by atoms with Crippen LogP contribution in [0.25, 0.3) is 11.0 Å². The fourth-order valence-electron chi connectivity index (χ4n) is 2.56. The number of rotatable bonds is 6. The predicted molar refractivity (Wildman–Crippen MR) is 90.4 cm³/mol. The Balaban J connectivity index is 1.94. The van der Waals surface area contributed by atoms with Gasteiger partial charge in [-0.05, 0) is 31.2 Å². The van der Waals surface area contributed by atoms with E-state index in [1.807, 2.05) is 61.1 Å². The highest BCUT2D eigenvalue weighted by atomic mass is 15.5. The van der Waals surface area contributed by atoms with Gasteiger partial charge in [0.05, 0.1) is 17.9 Å². The largest absolute Gasteiger partial charge is 0.348 e. The lowest BCUT2D eigenvalue weighted by Gasteiger charge is -2.32. The number of nitrogens with one attached hydrogen (secondary N) is 2. The van der Waals surface area contributed by atoms with E-state index in [2.05, 4.69) is 20.6 Å². The minimum Gasteiger partial charge on any atom is -0.348 e. The Bertz CT molecular complexity index is 783. The molecule has 1 aromatic carbocycles. The highest BCUT2D eigenvalue weighted by molar-refractivity contribution is 5.74. The molecule has 2 heterocycles. The molecule has 2 N–H and O–H groups in total. The van der Waals surface area contributed by atoms with Gasteiger partial charge in [0.2, 0.25) is 0 Å². The Morgan fingerprint density at radius 2 is 2.00 bits per heavy atom. The Kier molecular flexibility index (Phi) is 4.18. The topological polar surface area (TPSA) is 82.7 Å². The molecule has 0 saturated heterocycles. The molecule has 3 aromatic rings. The van der Waals surface area contributed by atoms with Crippen LogP contribution in [0, 0.1) is 5.41 Å². The van der Waals surface area contributed by atoms with Crippen LogP contribution < -0.4 is 5.32 Å². The number of para-hydroxylation sites is 1. The summed E-state index contributed by atoms with van der Waals surface area (Å²) in [6.07, 6.45) is 2.84. The number of fused-ring (bicyclic) bond motifs is 1. The van der Waals surface area contributed by atoms with Crippen molar-refractivity contribution in [3.8, 4) is 0 Å². The molecule has 0 saturated carbocycles. The number of hydrogen-bond donors (Lipinski definition) is 2. The van der Waals surface area contributed by atoms with Gasteiger partial charge in [-0.3, -0.25) is 5.41 Å². The molecule has 0 aliphatic carbocycles. The first-order valence-corrected chi connectivity index (χ1v) is 7.40. The van der Waals surface area contributed by atoms with E-state index in [1.54, 1.807) is 11.1 Å². The van der Waals surface area contributed by atoms with Crippen molar-refractivity contribution >= 4 is 23.2 Å². The summed E-state index contributed by atoms with van der Waals surface area (Å²) >= 11 is 0. The lowest BCUT2D eigenvalue weighted by Crippen LogP contribution is -2.43. The van der Waals surface area contributed by atoms with Crippen LogP contribution in [0.4, 0.5) is 5.82 Å². The van der Waals surface area contributed by atoms with Crippen molar-refractivity contribution in [2.45, 2.75) is 19.1 Å². The molecule has 23 heavy (non-hydrogen) atoms. The number of benzene rings is 1. The van der Waals surface area contributed by atoms with Crippen LogP contribution >= 0.6 is 0 Å². The summed E-state index contributed by atoms with van der Waals surface area (Å²) in [6, 6.07) is 13.5. The minimum absolute atomic E-state index is 0.0593. The number of anilines is 1. The molecule has 0 amide bonds. The SMILES string of the molecule is CC(C(Nc1ccccn1)N(C)C=N)n1nnc2ccccc21. The molecule has 7 nitrogen and oxygen atoms in total. The molecular weight excluding hydrogens is 290 g/mol. The third kappa shape index (κ3) is 2.98. The molecule has 0 radical (unpaired) electrons. The summed E-state index contributed by atoms with van der Waals surface area (Å²) in [6.45, 7) is 2.04. The van der Waals surface area contributed by atoms with Gasteiger partial charge < -0.3 is 10.2 Å². The predicted octanol–water partition coefficient (Wildman–Crippen LogP) is 2.36. The van der Waals surface area contributed by atoms with Crippen molar-refractivity contribution in [1.82, 2.24) is 24.9 Å². The fourth-order valence-corrected chi connectivity index (χ4v) is 2.56. The number of aromatic nitrogens is 4. The van der Waals surface area contributed by atoms with Crippen LogP contribution in [0.15, 0.2) is 48.7 Å². The van der Waals surface area contributed by atoms with Gasteiger partial charge in [-0.25, -0.2) is 9.67 Å². The van der Waals surface area contributed by atoms with Crippen molar-refractivity contribution < 1.29 is 0 Å². The van der Waals surface area contributed by atoms with Gasteiger partial charge in [-0.1, -0.05) is 23.4 Å². The van der Waals surface area contributed by atoms with Crippen LogP contribution in [0.1, 0.15) is 13.0 Å². The normalized spacial score (nSPS) is 13.5. The van der Waals surface area contributed by atoms with Gasteiger partial charge in [0.25, 0.3) is 0 Å². The standard InChI is InChI=1S/C16H19N7/c1-12(23-14-8-4-3-7-13(14)20-21-23)16(22(2)11-17)19-15-9-5-6-10-18-15/h3-12,16-17H,1-2H3,(H,18,19). The first-order valence-electron chi connectivity index (χ1n) is 7.40. The van der Waals surface area contributed by atoms with Crippen molar-refractivity contribution in [2.24, 2.45) is 0 Å². The van der Waals surface area contributed by atoms with Crippen LogP contribution in [0.2, 0.25) is 0 Å². The van der Waals surface area contributed by atoms with E-state index >= 15 is 0 Å². The molecule has 2 unspecified atom stereocenters. The van der Waals surface area contributed by atoms with Gasteiger partial charge in [0.15, 0.2) is 0 Å². The Morgan fingerprint density at radius 1 is 1.22 bits per heavy atom. The van der Waals surface area contributed by atoms with Crippen LogP contribution in [0.5, 0.6) is 0 Å². The summed E-state index contributed by atoms with van der Waals surface area (Å²) in [7, 11) is 1.85. The average Bonchev–Trinajstić information content (AvgIpc) is 3.03. The molecule has 0 aliphatic heterocycles. The number of likely N-dealkylation sites (N-methyl/N-ethyl adjacent to an activating group) is 1. The van der Waals surface area contributed by atoms with E-state index in [0.29, 0.717) is 0 Å².